The van der Waals surface area contributed by atoms with Crippen LogP contribution in [0.1, 0.15) is 16.7 Å². The third-order valence-electron chi connectivity index (χ3n) is 4.53. The van der Waals surface area contributed by atoms with E-state index < -0.39 is 11.8 Å². The van der Waals surface area contributed by atoms with Gasteiger partial charge in [-0.2, -0.15) is 0 Å². The predicted octanol–water partition coefficient (Wildman–Crippen LogP) is 4.01. The van der Waals surface area contributed by atoms with E-state index in [1.54, 1.807) is 0 Å². The molecule has 0 radical (unpaired) electrons. The van der Waals surface area contributed by atoms with Crippen molar-refractivity contribution in [3.05, 3.63) is 65.1 Å². The Balaban J connectivity index is 1.78. The lowest BCUT2D eigenvalue weighted by Crippen LogP contribution is -2.15. The van der Waals surface area contributed by atoms with Crippen molar-refractivity contribution < 1.29 is 23.8 Å². The van der Waals surface area contributed by atoms with Crippen LogP contribution in [0.4, 0.5) is 4.39 Å². The van der Waals surface area contributed by atoms with Crippen LogP contribution < -0.4 is 9.47 Å². The number of carboxylic acid groups (broad SMARTS) is 1. The average molecular weight is 367 g/mol. The molecule has 2 aromatic carbocycles. The summed E-state index contributed by atoms with van der Waals surface area (Å²) in [4.78, 5) is 10.9. The Labute approximate surface area is 155 Å². The van der Waals surface area contributed by atoms with Crippen LogP contribution in [0, 0.1) is 12.7 Å². The van der Waals surface area contributed by atoms with Crippen molar-refractivity contribution in [2.24, 2.45) is 0 Å². The second-order valence-electron chi connectivity index (χ2n) is 6.48. The summed E-state index contributed by atoms with van der Waals surface area (Å²) in [5.41, 5.74) is 3.25. The van der Waals surface area contributed by atoms with Gasteiger partial charge in [0.1, 0.15) is 19.0 Å². The summed E-state index contributed by atoms with van der Waals surface area (Å²) in [7, 11) is 0. The van der Waals surface area contributed by atoms with Gasteiger partial charge in [0, 0.05) is 29.8 Å². The number of rotatable bonds is 4. The SMILES string of the molecule is Cc1cn(Cc2ccc3c(c2)OCCO3)c2c(/C=C/C(=O)O)cc(F)cc12. The van der Waals surface area contributed by atoms with Crippen LogP contribution in [0.2, 0.25) is 0 Å². The van der Waals surface area contributed by atoms with Gasteiger partial charge in [-0.25, -0.2) is 9.18 Å². The molecule has 0 aliphatic carbocycles. The fourth-order valence-corrected chi connectivity index (χ4v) is 3.40. The smallest absolute Gasteiger partial charge is 0.328 e. The number of fused-ring (bicyclic) bond motifs is 2. The number of carbonyl (C=O) groups is 1. The molecule has 0 fully saturated rings. The van der Waals surface area contributed by atoms with Gasteiger partial charge in [-0.3, -0.25) is 0 Å². The molecular weight excluding hydrogens is 349 g/mol. The number of carboxylic acids is 1. The molecule has 1 aliphatic rings. The van der Waals surface area contributed by atoms with Gasteiger partial charge in [0.2, 0.25) is 0 Å². The second kappa shape index (κ2) is 6.79. The minimum atomic E-state index is -1.07. The molecule has 0 unspecified atom stereocenters. The number of aromatic nitrogens is 1. The van der Waals surface area contributed by atoms with Gasteiger partial charge in [0.25, 0.3) is 0 Å². The highest BCUT2D eigenvalue weighted by Gasteiger charge is 2.15. The number of aliphatic carboxylic acids is 1. The van der Waals surface area contributed by atoms with E-state index in [4.69, 9.17) is 14.6 Å². The maximum atomic E-state index is 14.0. The van der Waals surface area contributed by atoms with Crippen molar-refractivity contribution in [1.29, 1.82) is 0 Å². The number of ether oxygens (including phenoxy) is 2. The molecule has 0 spiro atoms. The molecular formula is C21H18FNO4. The molecule has 1 aliphatic heterocycles. The van der Waals surface area contributed by atoms with Gasteiger partial charge in [-0.15, -0.1) is 0 Å². The summed E-state index contributed by atoms with van der Waals surface area (Å²) in [6.45, 7) is 3.51. The molecule has 3 aromatic rings. The van der Waals surface area contributed by atoms with E-state index in [0.29, 0.717) is 31.1 Å². The largest absolute Gasteiger partial charge is 0.486 e. The van der Waals surface area contributed by atoms with Crippen molar-refractivity contribution in [1.82, 2.24) is 4.57 Å². The summed E-state index contributed by atoms with van der Waals surface area (Å²) in [5.74, 6) is -0.0311. The normalized spacial score (nSPS) is 13.4. The molecule has 2 heterocycles. The number of benzene rings is 2. The Kier molecular flexibility index (Phi) is 4.32. The topological polar surface area (TPSA) is 60.7 Å². The molecule has 0 amide bonds. The number of hydrogen-bond acceptors (Lipinski definition) is 3. The minimum absolute atomic E-state index is 0.396. The Morgan fingerprint density at radius 3 is 2.78 bits per heavy atom. The first kappa shape index (κ1) is 17.1. The van der Waals surface area contributed by atoms with Gasteiger partial charge in [-0.05, 0) is 48.4 Å². The number of aryl methyl sites for hydroxylation is 1. The molecule has 138 valence electrons. The number of hydrogen-bond donors (Lipinski definition) is 1. The van der Waals surface area contributed by atoms with Crippen LogP contribution >= 0.6 is 0 Å². The molecule has 5 nitrogen and oxygen atoms in total. The zero-order valence-electron chi connectivity index (χ0n) is 14.7. The summed E-state index contributed by atoms with van der Waals surface area (Å²) in [5, 5.41) is 9.69. The van der Waals surface area contributed by atoms with E-state index in [1.165, 1.54) is 18.2 Å². The third kappa shape index (κ3) is 3.38. The standard InChI is InChI=1S/C21H18FNO4/c1-13-11-23(12-14-2-4-18-19(8-14)27-7-6-26-18)21-15(3-5-20(24)25)9-16(22)10-17(13)21/h2-5,8-11H,6-7,12H2,1H3,(H,24,25)/b5-3+. The Morgan fingerprint density at radius 1 is 1.22 bits per heavy atom. The Bertz CT molecular complexity index is 1070. The quantitative estimate of drug-likeness (QED) is 0.708. The van der Waals surface area contributed by atoms with Crippen molar-refractivity contribution in [2.45, 2.75) is 13.5 Å². The Hall–Kier alpha value is -3.28. The van der Waals surface area contributed by atoms with E-state index in [0.717, 1.165) is 33.9 Å². The maximum Gasteiger partial charge on any atom is 0.328 e. The van der Waals surface area contributed by atoms with Crippen molar-refractivity contribution >= 4 is 22.9 Å². The van der Waals surface area contributed by atoms with Gasteiger partial charge in [-0.1, -0.05) is 6.07 Å². The van der Waals surface area contributed by atoms with Crippen LogP contribution in [0.15, 0.2) is 42.6 Å². The fourth-order valence-electron chi connectivity index (χ4n) is 3.40. The molecule has 0 saturated carbocycles. The van der Waals surface area contributed by atoms with Crippen molar-refractivity contribution in [3.63, 3.8) is 0 Å². The molecule has 0 saturated heterocycles. The van der Waals surface area contributed by atoms with Gasteiger partial charge < -0.3 is 19.1 Å². The van der Waals surface area contributed by atoms with Crippen LogP contribution in [0.5, 0.6) is 11.5 Å². The lowest BCUT2D eigenvalue weighted by molar-refractivity contribution is -0.131. The van der Waals surface area contributed by atoms with Gasteiger partial charge in [0.15, 0.2) is 11.5 Å². The zero-order chi connectivity index (χ0) is 19.0. The molecule has 4 rings (SSSR count). The third-order valence-corrected chi connectivity index (χ3v) is 4.53. The fraction of sp³-hybridized carbons (Fsp3) is 0.190. The van der Waals surface area contributed by atoms with Crippen molar-refractivity contribution in [2.75, 3.05) is 13.2 Å². The van der Waals surface area contributed by atoms with Crippen LogP contribution in [-0.4, -0.2) is 28.9 Å². The van der Waals surface area contributed by atoms with E-state index in [1.807, 2.05) is 35.9 Å². The Morgan fingerprint density at radius 2 is 2.00 bits per heavy atom. The van der Waals surface area contributed by atoms with E-state index in [9.17, 15) is 9.18 Å². The molecule has 1 aromatic heterocycles. The number of halogens is 1. The molecule has 0 bridgehead atoms. The first-order chi connectivity index (χ1) is 13.0. The monoisotopic (exact) mass is 367 g/mol. The highest BCUT2D eigenvalue weighted by atomic mass is 19.1. The minimum Gasteiger partial charge on any atom is -0.486 e. The zero-order valence-corrected chi connectivity index (χ0v) is 14.7. The van der Waals surface area contributed by atoms with Crippen LogP contribution in [0.3, 0.4) is 0 Å². The van der Waals surface area contributed by atoms with Gasteiger partial charge >= 0.3 is 5.97 Å². The molecule has 0 atom stereocenters. The summed E-state index contributed by atoms with van der Waals surface area (Å²) in [6.07, 6.45) is 4.39. The van der Waals surface area contributed by atoms with Crippen LogP contribution in [0.25, 0.3) is 17.0 Å². The molecule has 27 heavy (non-hydrogen) atoms. The summed E-state index contributed by atoms with van der Waals surface area (Å²) < 4.78 is 27.2. The average Bonchev–Trinajstić information content (AvgIpc) is 2.95. The maximum absolute atomic E-state index is 14.0. The molecule has 1 N–H and O–H groups in total. The van der Waals surface area contributed by atoms with Gasteiger partial charge in [0.05, 0.1) is 5.52 Å². The molecule has 6 heteroatoms. The van der Waals surface area contributed by atoms with E-state index in [2.05, 4.69) is 0 Å². The second-order valence-corrected chi connectivity index (χ2v) is 6.48. The summed E-state index contributed by atoms with van der Waals surface area (Å²) in [6, 6.07) is 8.61. The lowest BCUT2D eigenvalue weighted by atomic mass is 10.1. The highest BCUT2D eigenvalue weighted by Crippen LogP contribution is 2.32. The highest BCUT2D eigenvalue weighted by molar-refractivity contribution is 5.94. The first-order valence-corrected chi connectivity index (χ1v) is 8.60. The number of nitrogens with zero attached hydrogens (tertiary/aromatic N) is 1. The predicted molar refractivity (Wildman–Crippen MR) is 99.8 cm³/mol. The van der Waals surface area contributed by atoms with Crippen LogP contribution in [-0.2, 0) is 11.3 Å². The van der Waals surface area contributed by atoms with E-state index >= 15 is 0 Å². The first-order valence-electron chi connectivity index (χ1n) is 8.60. The van der Waals surface area contributed by atoms with Crippen molar-refractivity contribution in [3.8, 4) is 11.5 Å². The lowest BCUT2D eigenvalue weighted by Gasteiger charge is -2.19. The summed E-state index contributed by atoms with van der Waals surface area (Å²) >= 11 is 0. The van der Waals surface area contributed by atoms with E-state index in [-0.39, 0.29) is 0 Å².